The van der Waals surface area contributed by atoms with Crippen LogP contribution in [0.25, 0.3) is 0 Å². The number of aliphatic hydroxyl groups is 1. The summed E-state index contributed by atoms with van der Waals surface area (Å²) in [6.07, 6.45) is 0.757. The number of rotatable bonds is 7. The number of amides is 1. The summed E-state index contributed by atoms with van der Waals surface area (Å²) in [6, 6.07) is 4.03. The van der Waals surface area contributed by atoms with Crippen molar-refractivity contribution in [2.45, 2.75) is 13.0 Å². The molecule has 1 rings (SSSR count). The van der Waals surface area contributed by atoms with E-state index in [1.165, 1.54) is 4.88 Å². The average molecular weight is 259 g/mol. The van der Waals surface area contributed by atoms with Crippen molar-refractivity contribution in [2.75, 3.05) is 25.2 Å². The highest BCUT2D eigenvalue weighted by Crippen LogP contribution is 2.12. The van der Waals surface area contributed by atoms with Crippen molar-refractivity contribution in [1.29, 1.82) is 0 Å². The summed E-state index contributed by atoms with van der Waals surface area (Å²) in [5.41, 5.74) is 0. The highest BCUT2D eigenvalue weighted by molar-refractivity contribution is 7.99. The predicted octanol–water partition coefficient (Wildman–Crippen LogP) is 1.82. The van der Waals surface area contributed by atoms with Gasteiger partial charge in [0.2, 0.25) is 5.91 Å². The minimum absolute atomic E-state index is 0.149. The number of thiophene rings is 1. The van der Waals surface area contributed by atoms with Crippen molar-refractivity contribution >= 4 is 29.0 Å². The summed E-state index contributed by atoms with van der Waals surface area (Å²) in [5, 5.41) is 10.6. The lowest BCUT2D eigenvalue weighted by Crippen LogP contribution is -2.27. The molecule has 16 heavy (non-hydrogen) atoms. The lowest BCUT2D eigenvalue weighted by atomic mass is 10.4. The third-order valence-corrected chi connectivity index (χ3v) is 3.96. The molecule has 0 aromatic carbocycles. The number of hydrogen-bond acceptors (Lipinski definition) is 4. The maximum Gasteiger partial charge on any atom is 0.232 e. The molecule has 0 spiro atoms. The van der Waals surface area contributed by atoms with Crippen LogP contribution in [0.1, 0.15) is 11.3 Å². The van der Waals surface area contributed by atoms with Gasteiger partial charge in [-0.25, -0.2) is 0 Å². The zero-order valence-electron chi connectivity index (χ0n) is 9.39. The molecule has 1 aromatic heterocycles. The molecular weight excluding hydrogens is 242 g/mol. The molecular formula is C11H17NO2S2. The van der Waals surface area contributed by atoms with E-state index in [0.717, 1.165) is 12.2 Å². The van der Waals surface area contributed by atoms with Crippen molar-refractivity contribution < 1.29 is 9.90 Å². The zero-order valence-corrected chi connectivity index (χ0v) is 11.0. The fourth-order valence-electron chi connectivity index (χ4n) is 1.16. The average Bonchev–Trinajstić information content (AvgIpc) is 2.76. The van der Waals surface area contributed by atoms with Crippen LogP contribution < -0.4 is 0 Å². The van der Waals surface area contributed by atoms with E-state index in [1.807, 2.05) is 24.6 Å². The third-order valence-electron chi connectivity index (χ3n) is 2.07. The van der Waals surface area contributed by atoms with Crippen LogP contribution in [0, 0.1) is 0 Å². The molecule has 0 saturated heterocycles. The van der Waals surface area contributed by atoms with Crippen LogP contribution in [0.4, 0.5) is 0 Å². The molecule has 0 bridgehead atoms. The summed E-state index contributed by atoms with van der Waals surface area (Å²) in [6.45, 7) is 0.892. The first kappa shape index (κ1) is 13.5. The van der Waals surface area contributed by atoms with Crippen molar-refractivity contribution in [3.63, 3.8) is 0 Å². The van der Waals surface area contributed by atoms with Gasteiger partial charge in [0.05, 0.1) is 12.3 Å². The molecule has 3 nitrogen and oxygen atoms in total. The topological polar surface area (TPSA) is 40.5 Å². The van der Waals surface area contributed by atoms with Crippen molar-refractivity contribution in [3.8, 4) is 0 Å². The largest absolute Gasteiger partial charge is 0.396 e. The van der Waals surface area contributed by atoms with E-state index in [2.05, 4.69) is 0 Å². The summed E-state index contributed by atoms with van der Waals surface area (Å²) in [7, 11) is 1.83. The summed E-state index contributed by atoms with van der Waals surface area (Å²) in [4.78, 5) is 14.6. The van der Waals surface area contributed by atoms with Gasteiger partial charge in [-0.15, -0.1) is 11.3 Å². The molecule has 0 fully saturated rings. The van der Waals surface area contributed by atoms with Gasteiger partial charge in [0.1, 0.15) is 0 Å². The number of aliphatic hydroxyl groups excluding tert-OH is 1. The standard InChI is InChI=1S/C11H17NO2S2/c1-12(8-10-4-2-7-16-10)11(14)9-15-6-3-5-13/h2,4,7,13H,3,5-6,8-9H2,1H3. The van der Waals surface area contributed by atoms with E-state index in [4.69, 9.17) is 5.11 Å². The Hall–Kier alpha value is -0.520. The predicted molar refractivity (Wildman–Crippen MR) is 69.8 cm³/mol. The summed E-state index contributed by atoms with van der Waals surface area (Å²) >= 11 is 3.25. The normalized spacial score (nSPS) is 10.4. The number of nitrogens with zero attached hydrogens (tertiary/aromatic N) is 1. The third kappa shape index (κ3) is 5.01. The Morgan fingerprint density at radius 3 is 3.06 bits per heavy atom. The molecule has 90 valence electrons. The lowest BCUT2D eigenvalue weighted by molar-refractivity contribution is -0.127. The van der Waals surface area contributed by atoms with Gasteiger partial charge in [-0.1, -0.05) is 6.07 Å². The minimum atomic E-state index is 0.149. The minimum Gasteiger partial charge on any atom is -0.396 e. The molecule has 0 aliphatic carbocycles. The molecule has 0 aliphatic heterocycles. The Labute approximate surface area is 104 Å². The molecule has 1 aromatic rings. The molecule has 1 N–H and O–H groups in total. The second kappa shape index (κ2) is 7.70. The van der Waals surface area contributed by atoms with E-state index in [1.54, 1.807) is 28.0 Å². The highest BCUT2D eigenvalue weighted by Gasteiger charge is 2.09. The number of carbonyl (C=O) groups is 1. The molecule has 1 heterocycles. The van der Waals surface area contributed by atoms with Crippen LogP contribution in [0.2, 0.25) is 0 Å². The molecule has 0 unspecified atom stereocenters. The second-order valence-electron chi connectivity index (χ2n) is 3.46. The zero-order chi connectivity index (χ0) is 11.8. The Bertz CT molecular complexity index is 301. The van der Waals surface area contributed by atoms with Gasteiger partial charge in [-0.2, -0.15) is 11.8 Å². The Kier molecular flexibility index (Phi) is 6.52. The van der Waals surface area contributed by atoms with Crippen LogP contribution in [0.3, 0.4) is 0 Å². The SMILES string of the molecule is CN(Cc1cccs1)C(=O)CSCCCO. The monoisotopic (exact) mass is 259 g/mol. The van der Waals surface area contributed by atoms with E-state index >= 15 is 0 Å². The van der Waals surface area contributed by atoms with Gasteiger partial charge in [0, 0.05) is 18.5 Å². The van der Waals surface area contributed by atoms with Crippen LogP contribution in [-0.2, 0) is 11.3 Å². The van der Waals surface area contributed by atoms with E-state index < -0.39 is 0 Å². The van der Waals surface area contributed by atoms with Crippen molar-refractivity contribution in [3.05, 3.63) is 22.4 Å². The Morgan fingerprint density at radius 2 is 2.44 bits per heavy atom. The fourth-order valence-corrected chi connectivity index (χ4v) is 2.79. The maximum atomic E-state index is 11.7. The number of carbonyl (C=O) groups excluding carboxylic acids is 1. The van der Waals surface area contributed by atoms with Gasteiger partial charge in [-0.05, 0) is 23.6 Å². The van der Waals surface area contributed by atoms with Crippen molar-refractivity contribution in [2.24, 2.45) is 0 Å². The first-order valence-corrected chi connectivity index (χ1v) is 7.22. The number of thioether (sulfide) groups is 1. The van der Waals surface area contributed by atoms with Crippen LogP contribution in [0.5, 0.6) is 0 Å². The van der Waals surface area contributed by atoms with Crippen LogP contribution >= 0.6 is 23.1 Å². The Morgan fingerprint density at radius 1 is 1.62 bits per heavy atom. The molecule has 5 heteroatoms. The lowest BCUT2D eigenvalue weighted by Gasteiger charge is -2.15. The summed E-state index contributed by atoms with van der Waals surface area (Å²) < 4.78 is 0. The van der Waals surface area contributed by atoms with Gasteiger partial charge >= 0.3 is 0 Å². The highest BCUT2D eigenvalue weighted by atomic mass is 32.2. The molecule has 1 amide bonds. The van der Waals surface area contributed by atoms with E-state index in [9.17, 15) is 4.79 Å². The van der Waals surface area contributed by atoms with Crippen molar-refractivity contribution in [1.82, 2.24) is 4.90 Å². The summed E-state index contributed by atoms with van der Waals surface area (Å²) in [5.74, 6) is 1.49. The van der Waals surface area contributed by atoms with E-state index in [0.29, 0.717) is 12.3 Å². The Balaban J connectivity index is 2.20. The number of hydrogen-bond donors (Lipinski definition) is 1. The quantitative estimate of drug-likeness (QED) is 0.759. The first-order valence-electron chi connectivity index (χ1n) is 5.19. The first-order chi connectivity index (χ1) is 7.74. The van der Waals surface area contributed by atoms with Gasteiger partial charge in [-0.3, -0.25) is 4.79 Å². The molecule has 0 atom stereocenters. The van der Waals surface area contributed by atoms with E-state index in [-0.39, 0.29) is 12.5 Å². The van der Waals surface area contributed by atoms with Gasteiger partial charge < -0.3 is 10.0 Å². The van der Waals surface area contributed by atoms with Crippen LogP contribution in [-0.4, -0.2) is 41.1 Å². The maximum absolute atomic E-state index is 11.7. The fraction of sp³-hybridized carbons (Fsp3) is 0.545. The van der Waals surface area contributed by atoms with Gasteiger partial charge in [0.25, 0.3) is 0 Å². The van der Waals surface area contributed by atoms with Crippen LogP contribution in [0.15, 0.2) is 17.5 Å². The second-order valence-corrected chi connectivity index (χ2v) is 5.60. The molecule has 0 saturated carbocycles. The van der Waals surface area contributed by atoms with Gasteiger partial charge in [0.15, 0.2) is 0 Å². The molecule has 0 aliphatic rings. The smallest absolute Gasteiger partial charge is 0.232 e. The molecule has 0 radical (unpaired) electrons.